The van der Waals surface area contributed by atoms with Gasteiger partial charge in [-0.3, -0.25) is 10.1 Å². The Bertz CT molecular complexity index is 538. The zero-order chi connectivity index (χ0) is 14.4. The molecule has 0 fully saturated rings. The number of hydrogen-bond donors (Lipinski definition) is 2. The number of ether oxygens (including phenoxy) is 1. The fourth-order valence-electron chi connectivity index (χ4n) is 1.40. The second kappa shape index (κ2) is 6.32. The summed E-state index contributed by atoms with van der Waals surface area (Å²) < 4.78 is 4.72. The number of carboxylic acids is 1. The molecule has 0 aliphatic rings. The van der Waals surface area contributed by atoms with Crippen molar-refractivity contribution in [3.05, 3.63) is 33.9 Å². The van der Waals surface area contributed by atoms with Gasteiger partial charge in [0.1, 0.15) is 11.7 Å². The van der Waals surface area contributed by atoms with E-state index in [1.165, 1.54) is 19.2 Å². The number of nitriles is 1. The predicted octanol–water partition coefficient (Wildman–Crippen LogP) is 0.978. The molecular weight excluding hydrogens is 254 g/mol. The minimum Gasteiger partial charge on any atom is -0.480 e. The zero-order valence-corrected chi connectivity index (χ0v) is 9.99. The standard InChI is InChI=1S/C11H11N3O5/c1-19-6-9(11(15)16)13-8-3-2-7(5-12)4-10(8)14(17)18/h2-4,9,13H,6H2,1H3,(H,15,16). The normalized spacial score (nSPS) is 11.4. The molecule has 1 aromatic rings. The van der Waals surface area contributed by atoms with Gasteiger partial charge in [0.15, 0.2) is 0 Å². The van der Waals surface area contributed by atoms with Crippen LogP contribution < -0.4 is 5.32 Å². The second-order valence-corrected chi connectivity index (χ2v) is 3.59. The van der Waals surface area contributed by atoms with E-state index in [9.17, 15) is 14.9 Å². The molecule has 1 rings (SSSR count). The zero-order valence-electron chi connectivity index (χ0n) is 9.99. The number of aliphatic carboxylic acids is 1. The van der Waals surface area contributed by atoms with Crippen LogP contribution in [0.15, 0.2) is 18.2 Å². The van der Waals surface area contributed by atoms with Crippen molar-refractivity contribution in [2.45, 2.75) is 6.04 Å². The van der Waals surface area contributed by atoms with Crippen molar-refractivity contribution in [1.29, 1.82) is 5.26 Å². The van der Waals surface area contributed by atoms with Gasteiger partial charge in [-0.2, -0.15) is 5.26 Å². The summed E-state index contributed by atoms with van der Waals surface area (Å²) in [7, 11) is 1.32. The summed E-state index contributed by atoms with van der Waals surface area (Å²) in [5.74, 6) is -1.19. The molecule has 0 radical (unpaired) electrons. The molecule has 0 aliphatic heterocycles. The van der Waals surface area contributed by atoms with E-state index in [1.54, 1.807) is 6.07 Å². The van der Waals surface area contributed by atoms with Crippen LogP contribution in [0.3, 0.4) is 0 Å². The number of benzene rings is 1. The van der Waals surface area contributed by atoms with E-state index in [1.807, 2.05) is 0 Å². The van der Waals surface area contributed by atoms with Crippen LogP contribution in [0.2, 0.25) is 0 Å². The first-order valence-corrected chi connectivity index (χ1v) is 5.16. The minimum atomic E-state index is -1.19. The topological polar surface area (TPSA) is 125 Å². The molecular formula is C11H11N3O5. The highest BCUT2D eigenvalue weighted by molar-refractivity contribution is 5.79. The molecule has 0 saturated heterocycles. The van der Waals surface area contributed by atoms with Crippen LogP contribution >= 0.6 is 0 Å². The summed E-state index contributed by atoms with van der Waals surface area (Å²) in [5.41, 5.74) is -0.217. The van der Waals surface area contributed by atoms with Crippen LogP contribution in [0.5, 0.6) is 0 Å². The van der Waals surface area contributed by atoms with E-state index < -0.39 is 16.9 Å². The molecule has 1 aromatic carbocycles. The summed E-state index contributed by atoms with van der Waals surface area (Å²) in [6, 6.07) is 4.40. The number of hydrogen-bond acceptors (Lipinski definition) is 6. The molecule has 0 aromatic heterocycles. The third kappa shape index (κ3) is 3.65. The number of nitro groups is 1. The second-order valence-electron chi connectivity index (χ2n) is 3.59. The summed E-state index contributed by atoms with van der Waals surface area (Å²) in [4.78, 5) is 21.1. The van der Waals surface area contributed by atoms with Crippen molar-refractivity contribution < 1.29 is 19.6 Å². The molecule has 1 atom stereocenters. The summed E-state index contributed by atoms with van der Waals surface area (Å²) in [6.45, 7) is -0.146. The lowest BCUT2D eigenvalue weighted by molar-refractivity contribution is -0.384. The van der Waals surface area contributed by atoms with Gasteiger partial charge < -0.3 is 15.2 Å². The minimum absolute atomic E-state index is 0.0217. The summed E-state index contributed by atoms with van der Waals surface area (Å²) in [5, 5.41) is 31.0. The van der Waals surface area contributed by atoms with Gasteiger partial charge in [-0.15, -0.1) is 0 Å². The maximum Gasteiger partial charge on any atom is 0.328 e. The first-order chi connectivity index (χ1) is 8.99. The predicted molar refractivity (Wildman–Crippen MR) is 64.7 cm³/mol. The highest BCUT2D eigenvalue weighted by Gasteiger charge is 2.22. The molecule has 0 spiro atoms. The lowest BCUT2D eigenvalue weighted by Gasteiger charge is -2.14. The Kier molecular flexibility index (Phi) is 4.79. The van der Waals surface area contributed by atoms with Crippen LogP contribution in [0, 0.1) is 21.4 Å². The van der Waals surface area contributed by atoms with Gasteiger partial charge in [-0.05, 0) is 12.1 Å². The molecule has 100 valence electrons. The van der Waals surface area contributed by atoms with Gasteiger partial charge in [0, 0.05) is 13.2 Å². The first-order valence-electron chi connectivity index (χ1n) is 5.16. The van der Waals surface area contributed by atoms with Gasteiger partial charge in [-0.1, -0.05) is 0 Å². The average Bonchev–Trinajstić information content (AvgIpc) is 2.38. The Morgan fingerprint density at radius 1 is 1.68 bits per heavy atom. The van der Waals surface area contributed by atoms with Crippen LogP contribution in [-0.4, -0.2) is 35.8 Å². The van der Waals surface area contributed by atoms with E-state index in [0.29, 0.717) is 0 Å². The van der Waals surface area contributed by atoms with Crippen molar-refractivity contribution in [2.24, 2.45) is 0 Å². The average molecular weight is 265 g/mol. The van der Waals surface area contributed by atoms with E-state index in [2.05, 4.69) is 5.32 Å². The lowest BCUT2D eigenvalue weighted by Crippen LogP contribution is -2.33. The summed E-state index contributed by atoms with van der Waals surface area (Å²) >= 11 is 0. The van der Waals surface area contributed by atoms with E-state index in [4.69, 9.17) is 15.1 Å². The number of nitrogens with zero attached hydrogens (tertiary/aromatic N) is 2. The van der Waals surface area contributed by atoms with E-state index >= 15 is 0 Å². The van der Waals surface area contributed by atoms with Gasteiger partial charge in [0.25, 0.3) is 5.69 Å². The van der Waals surface area contributed by atoms with Gasteiger partial charge >= 0.3 is 5.97 Å². The monoisotopic (exact) mass is 265 g/mol. The molecule has 19 heavy (non-hydrogen) atoms. The lowest BCUT2D eigenvalue weighted by atomic mass is 10.1. The molecule has 0 saturated carbocycles. The molecule has 2 N–H and O–H groups in total. The first kappa shape index (κ1) is 14.4. The molecule has 0 amide bonds. The van der Waals surface area contributed by atoms with Crippen LogP contribution in [0.4, 0.5) is 11.4 Å². The number of nitro benzene ring substituents is 1. The number of carbonyl (C=O) groups is 1. The Hall–Kier alpha value is -2.66. The molecule has 8 nitrogen and oxygen atoms in total. The Morgan fingerprint density at radius 3 is 2.84 bits per heavy atom. The highest BCUT2D eigenvalue weighted by Crippen LogP contribution is 2.26. The molecule has 1 unspecified atom stereocenters. The third-order valence-corrected chi connectivity index (χ3v) is 2.28. The van der Waals surface area contributed by atoms with Crippen molar-refractivity contribution >= 4 is 17.3 Å². The molecule has 0 aliphatic carbocycles. The third-order valence-electron chi connectivity index (χ3n) is 2.28. The SMILES string of the molecule is COCC(Nc1ccc(C#N)cc1[N+](=O)[O-])C(=O)O. The molecule has 0 heterocycles. The smallest absolute Gasteiger partial charge is 0.328 e. The molecule has 0 bridgehead atoms. The van der Waals surface area contributed by atoms with Crippen molar-refractivity contribution in [2.75, 3.05) is 19.0 Å². The van der Waals surface area contributed by atoms with Crippen molar-refractivity contribution in [3.63, 3.8) is 0 Å². The Morgan fingerprint density at radius 2 is 2.37 bits per heavy atom. The van der Waals surface area contributed by atoms with Crippen molar-refractivity contribution in [1.82, 2.24) is 0 Å². The largest absolute Gasteiger partial charge is 0.480 e. The van der Waals surface area contributed by atoms with Gasteiger partial charge in [-0.25, -0.2) is 4.79 Å². The Balaban J connectivity index is 3.09. The number of anilines is 1. The van der Waals surface area contributed by atoms with Crippen LogP contribution in [0.25, 0.3) is 0 Å². The Labute approximate surface area is 108 Å². The number of nitrogens with one attached hydrogen (secondary N) is 1. The number of methoxy groups -OCH3 is 1. The fraction of sp³-hybridized carbons (Fsp3) is 0.273. The number of carboxylic acid groups (broad SMARTS) is 1. The van der Waals surface area contributed by atoms with E-state index in [-0.39, 0.29) is 23.5 Å². The molecule has 8 heteroatoms. The number of rotatable bonds is 6. The quantitative estimate of drug-likeness (QED) is 0.579. The fourth-order valence-corrected chi connectivity index (χ4v) is 1.40. The summed E-state index contributed by atoms with van der Waals surface area (Å²) in [6.07, 6.45) is 0. The van der Waals surface area contributed by atoms with E-state index in [0.717, 1.165) is 6.07 Å². The highest BCUT2D eigenvalue weighted by atomic mass is 16.6. The maximum absolute atomic E-state index is 10.9. The maximum atomic E-state index is 10.9. The van der Waals surface area contributed by atoms with Crippen molar-refractivity contribution in [3.8, 4) is 6.07 Å². The van der Waals surface area contributed by atoms with Crippen LogP contribution in [0.1, 0.15) is 5.56 Å². The van der Waals surface area contributed by atoms with Crippen LogP contribution in [-0.2, 0) is 9.53 Å². The van der Waals surface area contributed by atoms with Gasteiger partial charge in [0.05, 0.1) is 23.2 Å². The van der Waals surface area contributed by atoms with Gasteiger partial charge in [0.2, 0.25) is 0 Å².